The lowest BCUT2D eigenvalue weighted by Gasteiger charge is -2.10. The molecule has 1 atom stereocenters. The smallest absolute Gasteiger partial charge is 0.0897 e. The summed E-state index contributed by atoms with van der Waals surface area (Å²) in [5, 5.41) is 5.90. The minimum absolute atomic E-state index is 0.281. The predicted octanol–water partition coefficient (Wildman–Crippen LogP) is 5.28. The minimum atomic E-state index is 0.281. The van der Waals surface area contributed by atoms with E-state index in [1.807, 2.05) is 6.92 Å². The van der Waals surface area contributed by atoms with E-state index in [2.05, 4.69) is 68.8 Å². The van der Waals surface area contributed by atoms with Gasteiger partial charge >= 0.3 is 0 Å². The SMILES string of the molecule is Cc1nc(C(Br)Cc2cccc3ccccc23)cs1. The van der Waals surface area contributed by atoms with Crippen LogP contribution in [0, 0.1) is 6.92 Å². The zero-order valence-corrected chi connectivity index (χ0v) is 13.0. The molecule has 0 aliphatic heterocycles. The van der Waals surface area contributed by atoms with Crippen LogP contribution in [0.3, 0.4) is 0 Å². The van der Waals surface area contributed by atoms with Crippen molar-refractivity contribution < 1.29 is 0 Å². The molecule has 0 bridgehead atoms. The molecular formula is C16H14BrNS. The largest absolute Gasteiger partial charge is 0.245 e. The molecule has 1 nitrogen and oxygen atoms in total. The van der Waals surface area contributed by atoms with Crippen LogP contribution < -0.4 is 0 Å². The van der Waals surface area contributed by atoms with Crippen molar-refractivity contribution in [3.05, 3.63) is 64.1 Å². The van der Waals surface area contributed by atoms with Gasteiger partial charge in [0.25, 0.3) is 0 Å². The van der Waals surface area contributed by atoms with Crippen molar-refractivity contribution in [1.29, 1.82) is 0 Å². The molecule has 0 saturated heterocycles. The first-order chi connectivity index (χ1) is 9.24. The van der Waals surface area contributed by atoms with Crippen molar-refractivity contribution in [3.63, 3.8) is 0 Å². The molecule has 96 valence electrons. The minimum Gasteiger partial charge on any atom is -0.245 e. The highest BCUT2D eigenvalue weighted by molar-refractivity contribution is 9.09. The van der Waals surface area contributed by atoms with Crippen molar-refractivity contribution in [2.45, 2.75) is 18.2 Å². The maximum Gasteiger partial charge on any atom is 0.0897 e. The first kappa shape index (κ1) is 12.8. The Kier molecular flexibility index (Phi) is 3.67. The topological polar surface area (TPSA) is 12.9 Å². The van der Waals surface area contributed by atoms with Crippen LogP contribution in [0.15, 0.2) is 47.8 Å². The number of aryl methyl sites for hydroxylation is 1. The summed E-state index contributed by atoms with van der Waals surface area (Å²) in [5.74, 6) is 0. The molecule has 3 aromatic rings. The Morgan fingerprint density at radius 3 is 2.74 bits per heavy atom. The Hall–Kier alpha value is -1.19. The van der Waals surface area contributed by atoms with E-state index in [9.17, 15) is 0 Å². The van der Waals surface area contributed by atoms with Gasteiger partial charge in [0, 0.05) is 5.38 Å². The van der Waals surface area contributed by atoms with E-state index in [0.717, 1.165) is 17.1 Å². The molecule has 19 heavy (non-hydrogen) atoms. The lowest BCUT2D eigenvalue weighted by molar-refractivity contribution is 0.916. The third-order valence-electron chi connectivity index (χ3n) is 3.24. The molecule has 0 aliphatic rings. The molecule has 3 heteroatoms. The van der Waals surface area contributed by atoms with E-state index < -0.39 is 0 Å². The maximum atomic E-state index is 4.56. The number of fused-ring (bicyclic) bond motifs is 1. The fourth-order valence-corrected chi connectivity index (χ4v) is 3.72. The highest BCUT2D eigenvalue weighted by Crippen LogP contribution is 2.30. The van der Waals surface area contributed by atoms with Crippen LogP contribution in [-0.4, -0.2) is 4.98 Å². The summed E-state index contributed by atoms with van der Waals surface area (Å²) in [5.41, 5.74) is 2.50. The van der Waals surface area contributed by atoms with E-state index >= 15 is 0 Å². The van der Waals surface area contributed by atoms with Gasteiger partial charge in [0.05, 0.1) is 15.5 Å². The Bertz CT molecular complexity index is 699. The standard InChI is InChI=1S/C16H14BrNS/c1-11-18-16(10-19-11)15(17)9-13-7-4-6-12-5-2-3-8-14(12)13/h2-8,10,15H,9H2,1H3. The first-order valence-electron chi connectivity index (χ1n) is 6.27. The second-order valence-electron chi connectivity index (χ2n) is 4.60. The number of aromatic nitrogens is 1. The van der Waals surface area contributed by atoms with Crippen LogP contribution >= 0.6 is 27.3 Å². The van der Waals surface area contributed by atoms with E-state index in [0.29, 0.717) is 0 Å². The number of thiazole rings is 1. The van der Waals surface area contributed by atoms with E-state index in [4.69, 9.17) is 0 Å². The number of hydrogen-bond donors (Lipinski definition) is 0. The fourth-order valence-electron chi connectivity index (χ4n) is 2.29. The van der Waals surface area contributed by atoms with Crippen molar-refractivity contribution in [2.75, 3.05) is 0 Å². The van der Waals surface area contributed by atoms with Gasteiger partial charge in [-0.25, -0.2) is 4.98 Å². The summed E-state index contributed by atoms with van der Waals surface area (Å²) in [7, 11) is 0. The zero-order chi connectivity index (χ0) is 13.2. The molecule has 1 unspecified atom stereocenters. The lowest BCUT2D eigenvalue weighted by Crippen LogP contribution is -1.96. The molecule has 3 rings (SSSR count). The van der Waals surface area contributed by atoms with Crippen molar-refractivity contribution >= 4 is 38.0 Å². The molecule has 2 aromatic carbocycles. The number of nitrogens with zero attached hydrogens (tertiary/aromatic N) is 1. The summed E-state index contributed by atoms with van der Waals surface area (Å²) in [4.78, 5) is 4.84. The van der Waals surface area contributed by atoms with Crippen molar-refractivity contribution in [2.24, 2.45) is 0 Å². The van der Waals surface area contributed by atoms with Gasteiger partial charge in [-0.05, 0) is 29.7 Å². The number of halogens is 1. The van der Waals surface area contributed by atoms with Crippen LogP contribution in [0.5, 0.6) is 0 Å². The zero-order valence-electron chi connectivity index (χ0n) is 10.6. The van der Waals surface area contributed by atoms with Crippen LogP contribution in [0.2, 0.25) is 0 Å². The van der Waals surface area contributed by atoms with Crippen LogP contribution in [0.1, 0.15) is 21.1 Å². The molecule has 1 aromatic heterocycles. The number of rotatable bonds is 3. The number of alkyl halides is 1. The average molecular weight is 332 g/mol. The second-order valence-corrected chi connectivity index (χ2v) is 6.77. The van der Waals surface area contributed by atoms with Gasteiger partial charge in [0.1, 0.15) is 0 Å². The summed E-state index contributed by atoms with van der Waals surface area (Å²) in [6, 6.07) is 15.0. The average Bonchev–Trinajstić information content (AvgIpc) is 2.86. The number of hydrogen-bond acceptors (Lipinski definition) is 2. The van der Waals surface area contributed by atoms with Crippen molar-refractivity contribution in [1.82, 2.24) is 4.98 Å². The van der Waals surface area contributed by atoms with E-state index in [-0.39, 0.29) is 4.83 Å². The Labute approximate surface area is 125 Å². The highest BCUT2D eigenvalue weighted by atomic mass is 79.9. The maximum absolute atomic E-state index is 4.56. The molecule has 0 spiro atoms. The van der Waals surface area contributed by atoms with Gasteiger partial charge < -0.3 is 0 Å². The molecule has 0 fully saturated rings. The Balaban J connectivity index is 1.93. The second kappa shape index (κ2) is 5.43. The van der Waals surface area contributed by atoms with Crippen LogP contribution in [-0.2, 0) is 6.42 Å². The first-order valence-corrected chi connectivity index (χ1v) is 8.06. The monoisotopic (exact) mass is 331 g/mol. The third kappa shape index (κ3) is 2.72. The molecule has 0 amide bonds. The van der Waals surface area contributed by atoms with Crippen LogP contribution in [0.25, 0.3) is 10.8 Å². The van der Waals surface area contributed by atoms with E-state index in [1.54, 1.807) is 11.3 Å². The van der Waals surface area contributed by atoms with Crippen LogP contribution in [0.4, 0.5) is 0 Å². The summed E-state index contributed by atoms with van der Waals surface area (Å²) in [6.07, 6.45) is 0.963. The van der Waals surface area contributed by atoms with Gasteiger partial charge in [-0.1, -0.05) is 58.4 Å². The quantitative estimate of drug-likeness (QED) is 0.594. The van der Waals surface area contributed by atoms with Gasteiger partial charge in [-0.2, -0.15) is 0 Å². The Morgan fingerprint density at radius 2 is 1.95 bits per heavy atom. The summed E-state index contributed by atoms with van der Waals surface area (Å²) < 4.78 is 0. The van der Waals surface area contributed by atoms with Gasteiger partial charge in [-0.3, -0.25) is 0 Å². The lowest BCUT2D eigenvalue weighted by atomic mass is 10.0. The molecule has 0 saturated carbocycles. The molecule has 0 N–H and O–H groups in total. The van der Waals surface area contributed by atoms with Crippen molar-refractivity contribution in [3.8, 4) is 0 Å². The summed E-state index contributed by atoms with van der Waals surface area (Å²) in [6.45, 7) is 2.05. The van der Waals surface area contributed by atoms with Gasteiger partial charge in [0.2, 0.25) is 0 Å². The molecule has 1 heterocycles. The predicted molar refractivity (Wildman–Crippen MR) is 86.2 cm³/mol. The normalized spacial score (nSPS) is 12.7. The van der Waals surface area contributed by atoms with E-state index in [1.165, 1.54) is 16.3 Å². The molecule has 0 radical (unpaired) electrons. The highest BCUT2D eigenvalue weighted by Gasteiger charge is 2.13. The number of benzene rings is 2. The third-order valence-corrected chi connectivity index (χ3v) is 4.82. The molecule has 0 aliphatic carbocycles. The summed E-state index contributed by atoms with van der Waals surface area (Å²) >= 11 is 5.47. The molecular weight excluding hydrogens is 318 g/mol. The Morgan fingerprint density at radius 1 is 1.16 bits per heavy atom. The van der Waals surface area contributed by atoms with Gasteiger partial charge in [0.15, 0.2) is 0 Å². The fraction of sp³-hybridized carbons (Fsp3) is 0.188. The van der Waals surface area contributed by atoms with Gasteiger partial charge in [-0.15, -0.1) is 11.3 Å².